The molecule has 2 fully saturated rings. The highest BCUT2D eigenvalue weighted by atomic mass is 35.5. The highest BCUT2D eigenvalue weighted by molar-refractivity contribution is 5.86. The van der Waals surface area contributed by atoms with Crippen LogP contribution in [-0.4, -0.2) is 77.0 Å². The Morgan fingerprint density at radius 3 is 2.31 bits per heavy atom. The molecular weight excluding hydrogens is 686 g/mol. The van der Waals surface area contributed by atoms with Gasteiger partial charge in [0, 0.05) is 36.7 Å². The van der Waals surface area contributed by atoms with E-state index >= 15 is 0 Å². The summed E-state index contributed by atoms with van der Waals surface area (Å²) in [5, 5.41) is 4.97. The summed E-state index contributed by atoms with van der Waals surface area (Å²) in [6.07, 6.45) is 4.38. The molecule has 1 aliphatic heterocycles. The van der Waals surface area contributed by atoms with Crippen molar-refractivity contribution in [3.05, 3.63) is 82.9 Å². The number of benzene rings is 2. The first-order valence-electron chi connectivity index (χ1n) is 17.2. The zero-order valence-corrected chi connectivity index (χ0v) is 32.3. The molecule has 3 atom stereocenters. The lowest BCUT2D eigenvalue weighted by atomic mass is 9.87. The van der Waals surface area contributed by atoms with E-state index in [9.17, 15) is 9.18 Å². The van der Waals surface area contributed by atoms with E-state index in [2.05, 4.69) is 55.5 Å². The van der Waals surface area contributed by atoms with Gasteiger partial charge >= 0.3 is 5.97 Å². The van der Waals surface area contributed by atoms with Gasteiger partial charge in [-0.2, -0.15) is 5.10 Å². The zero-order chi connectivity index (χ0) is 32.8. The highest BCUT2D eigenvalue weighted by Gasteiger charge is 2.39. The molecule has 0 unspecified atom stereocenters. The van der Waals surface area contributed by atoms with Gasteiger partial charge in [-0.05, 0) is 134 Å². The van der Waals surface area contributed by atoms with Gasteiger partial charge in [-0.3, -0.25) is 14.4 Å². The Labute approximate surface area is 311 Å². The highest BCUT2D eigenvalue weighted by Crippen LogP contribution is 2.42. The third kappa shape index (κ3) is 11.6. The van der Waals surface area contributed by atoms with Gasteiger partial charge in [0.1, 0.15) is 17.7 Å². The van der Waals surface area contributed by atoms with Gasteiger partial charge in [0.25, 0.3) is 0 Å². The van der Waals surface area contributed by atoms with Crippen LogP contribution in [0.3, 0.4) is 0 Å². The molecular formula is C38H56Cl3FN4O3. The molecule has 49 heavy (non-hydrogen) atoms. The number of nitrogens with zero attached hydrogens (tertiary/aromatic N) is 4. The molecule has 7 nitrogen and oxygen atoms in total. The summed E-state index contributed by atoms with van der Waals surface area (Å²) in [6.45, 7) is 15.2. The molecule has 0 amide bonds. The number of esters is 1. The van der Waals surface area contributed by atoms with Crippen LogP contribution >= 0.6 is 37.2 Å². The van der Waals surface area contributed by atoms with Crippen molar-refractivity contribution in [3.63, 3.8) is 0 Å². The van der Waals surface area contributed by atoms with Crippen molar-refractivity contribution >= 4 is 43.2 Å². The minimum absolute atomic E-state index is 0. The quantitative estimate of drug-likeness (QED) is 0.174. The molecule has 2 aliphatic rings. The van der Waals surface area contributed by atoms with Crippen molar-refractivity contribution in [1.82, 2.24) is 19.6 Å². The van der Waals surface area contributed by atoms with Crippen LogP contribution in [0.1, 0.15) is 94.7 Å². The summed E-state index contributed by atoms with van der Waals surface area (Å²) in [5.41, 5.74) is 4.59. The number of aryl methyl sites for hydroxylation is 1. The summed E-state index contributed by atoms with van der Waals surface area (Å²) in [5.74, 6) is 1.46. The Morgan fingerprint density at radius 1 is 1.00 bits per heavy atom. The van der Waals surface area contributed by atoms with Crippen molar-refractivity contribution < 1.29 is 18.7 Å². The molecule has 3 aromatic rings. The number of ether oxygens (including phenoxy) is 2. The second kappa shape index (κ2) is 19.3. The van der Waals surface area contributed by atoms with Crippen LogP contribution in [0.2, 0.25) is 0 Å². The van der Waals surface area contributed by atoms with Gasteiger partial charge in [-0.1, -0.05) is 24.3 Å². The molecule has 1 aromatic heterocycles. The van der Waals surface area contributed by atoms with E-state index in [0.29, 0.717) is 18.4 Å². The van der Waals surface area contributed by atoms with Gasteiger partial charge < -0.3 is 14.4 Å². The molecule has 274 valence electrons. The largest absolute Gasteiger partial charge is 0.494 e. The maximum absolute atomic E-state index is 14.3. The second-order valence-electron chi connectivity index (χ2n) is 14.2. The predicted molar refractivity (Wildman–Crippen MR) is 203 cm³/mol. The number of aromatic nitrogens is 2. The minimum atomic E-state index is -0.209. The number of piperidine rings is 1. The minimum Gasteiger partial charge on any atom is -0.494 e. The Hall–Kier alpha value is -2.36. The zero-order valence-electron chi connectivity index (χ0n) is 29.9. The molecule has 11 heteroatoms. The number of rotatable bonds is 12. The van der Waals surface area contributed by atoms with Gasteiger partial charge in [0.05, 0.1) is 18.8 Å². The van der Waals surface area contributed by atoms with Crippen LogP contribution in [-0.2, 0) is 22.5 Å². The summed E-state index contributed by atoms with van der Waals surface area (Å²) in [6, 6.07) is 17.6. The molecule has 2 heterocycles. The Bertz CT molecular complexity index is 1440. The summed E-state index contributed by atoms with van der Waals surface area (Å²) < 4.78 is 28.1. The Kier molecular flexibility index (Phi) is 16.9. The third-order valence-electron chi connectivity index (χ3n) is 10.0. The fraction of sp³-hybridized carbons (Fsp3) is 0.579. The van der Waals surface area contributed by atoms with Gasteiger partial charge in [-0.15, -0.1) is 37.2 Å². The first-order chi connectivity index (χ1) is 22.0. The lowest BCUT2D eigenvalue weighted by Crippen LogP contribution is -2.42. The van der Waals surface area contributed by atoms with Gasteiger partial charge in [-0.25, -0.2) is 4.39 Å². The number of carbonyl (C=O) groups excluding carboxylic acids is 1. The SMILES string of the molecule is CCOc1ccc(Cc2cc(C3CCN(C[C@H]4C[C@H](OC(=O)CN(C)C(C)(C)C)C[C@@H]4c4cccc(F)c4)CC3)n(CC)n2)cc1.Cl.Cl.Cl. The number of hydrogen-bond donors (Lipinski definition) is 0. The molecule has 0 spiro atoms. The van der Waals surface area contributed by atoms with Crippen molar-refractivity contribution in [1.29, 1.82) is 0 Å². The number of likely N-dealkylation sites (tertiary alicyclic amines) is 1. The lowest BCUT2D eigenvalue weighted by molar-refractivity contribution is -0.151. The molecule has 1 saturated heterocycles. The van der Waals surface area contributed by atoms with E-state index in [4.69, 9.17) is 14.6 Å². The van der Waals surface area contributed by atoms with E-state index in [1.54, 1.807) is 12.1 Å². The molecule has 0 N–H and O–H groups in total. The predicted octanol–water partition coefficient (Wildman–Crippen LogP) is 8.31. The normalized spacial score (nSPS) is 19.9. The smallest absolute Gasteiger partial charge is 0.320 e. The number of carbonyl (C=O) groups is 1. The van der Waals surface area contributed by atoms with Crippen LogP contribution in [0.25, 0.3) is 0 Å². The van der Waals surface area contributed by atoms with E-state index in [0.717, 1.165) is 75.3 Å². The second-order valence-corrected chi connectivity index (χ2v) is 14.2. The maximum atomic E-state index is 14.3. The lowest BCUT2D eigenvalue weighted by Gasteiger charge is -2.35. The summed E-state index contributed by atoms with van der Waals surface area (Å²) in [7, 11) is 1.95. The molecule has 2 aromatic carbocycles. The van der Waals surface area contributed by atoms with E-state index in [1.165, 1.54) is 17.3 Å². The fourth-order valence-electron chi connectivity index (χ4n) is 7.15. The monoisotopic (exact) mass is 740 g/mol. The maximum Gasteiger partial charge on any atom is 0.320 e. The average molecular weight is 742 g/mol. The number of likely N-dealkylation sites (N-methyl/N-ethyl adjacent to an activating group) is 1. The number of halogens is 4. The standard InChI is InChI=1S/C38H53FN4O3.3ClH/c1-7-43-36(23-32(40-43)20-27-12-14-33(15-13-27)45-8-2)28-16-18-42(19-17-28)25-30-22-34(46-37(44)26-41(6)38(3,4)5)24-35(30)29-10-9-11-31(39)21-29;;;/h9-15,21,23,28,30,34-35H,7-8,16-20,22,24-26H2,1-6H3;3*1H/t30-,34+,35-;;;/m1.../s1. The van der Waals surface area contributed by atoms with Crippen LogP contribution in [0.5, 0.6) is 5.75 Å². The van der Waals surface area contributed by atoms with Crippen LogP contribution < -0.4 is 4.74 Å². The van der Waals surface area contributed by atoms with E-state index < -0.39 is 0 Å². The van der Waals surface area contributed by atoms with Crippen molar-refractivity contribution in [2.45, 2.75) is 96.7 Å². The van der Waals surface area contributed by atoms with Crippen molar-refractivity contribution in [2.24, 2.45) is 5.92 Å². The topological polar surface area (TPSA) is 59.8 Å². The molecule has 1 saturated carbocycles. The first kappa shape index (κ1) is 42.8. The van der Waals surface area contributed by atoms with Crippen molar-refractivity contribution in [2.75, 3.05) is 39.8 Å². The molecule has 5 rings (SSSR count). The van der Waals surface area contributed by atoms with Gasteiger partial charge in [0.15, 0.2) is 0 Å². The number of hydrogen-bond acceptors (Lipinski definition) is 6. The van der Waals surface area contributed by atoms with E-state index in [1.807, 2.05) is 37.1 Å². The first-order valence-corrected chi connectivity index (χ1v) is 17.2. The average Bonchev–Trinajstić information content (AvgIpc) is 3.61. The summed E-state index contributed by atoms with van der Waals surface area (Å²) in [4.78, 5) is 17.5. The Morgan fingerprint density at radius 2 is 1.69 bits per heavy atom. The van der Waals surface area contributed by atoms with E-state index in [-0.39, 0.29) is 73.1 Å². The van der Waals surface area contributed by atoms with Crippen LogP contribution in [0.4, 0.5) is 4.39 Å². The fourth-order valence-corrected chi connectivity index (χ4v) is 7.15. The summed E-state index contributed by atoms with van der Waals surface area (Å²) >= 11 is 0. The van der Waals surface area contributed by atoms with Crippen molar-refractivity contribution in [3.8, 4) is 5.75 Å². The third-order valence-corrected chi connectivity index (χ3v) is 10.0. The van der Waals surface area contributed by atoms with Crippen LogP contribution in [0, 0.1) is 11.7 Å². The molecule has 0 radical (unpaired) electrons. The Balaban J connectivity index is 0.00000278. The van der Waals surface area contributed by atoms with Gasteiger partial charge in [0.2, 0.25) is 0 Å². The molecule has 1 aliphatic carbocycles. The molecule has 0 bridgehead atoms. The van der Waals surface area contributed by atoms with Crippen LogP contribution in [0.15, 0.2) is 54.6 Å².